The fraction of sp³-hybridized carbons (Fsp3) is 0.520. The van der Waals surface area contributed by atoms with Crippen LogP contribution in [-0.4, -0.2) is 44.9 Å². The molecular weight excluding hydrogens is 427 g/mol. The lowest BCUT2D eigenvalue weighted by molar-refractivity contribution is 0.106. The summed E-state index contributed by atoms with van der Waals surface area (Å²) < 4.78 is 44.0. The molecule has 7 heteroatoms. The van der Waals surface area contributed by atoms with Crippen molar-refractivity contribution in [2.24, 2.45) is 0 Å². The number of halogens is 1. The number of ether oxygens (including phenoxy) is 1. The van der Waals surface area contributed by atoms with E-state index >= 15 is 0 Å². The Hall–Kier alpha value is -1.80. The van der Waals surface area contributed by atoms with Gasteiger partial charge in [0.15, 0.2) is 11.6 Å². The number of hydrogen-bond acceptors (Lipinski definition) is 3. The Morgan fingerprint density at radius 1 is 1.19 bits per heavy atom. The summed E-state index contributed by atoms with van der Waals surface area (Å²) in [5, 5.41) is 0. The summed E-state index contributed by atoms with van der Waals surface area (Å²) in [5.74, 6) is 0.311. The van der Waals surface area contributed by atoms with Gasteiger partial charge in [0.2, 0.25) is 11.3 Å². The van der Waals surface area contributed by atoms with Crippen molar-refractivity contribution in [3.63, 3.8) is 0 Å². The Morgan fingerprint density at radius 2 is 1.97 bits per heavy atom. The summed E-state index contributed by atoms with van der Waals surface area (Å²) in [6.07, 6.45) is 6.35. The van der Waals surface area contributed by atoms with Crippen LogP contribution < -0.4 is 9.46 Å². The van der Waals surface area contributed by atoms with Gasteiger partial charge in [0.1, 0.15) is 0 Å². The SMILES string of the molecule is O=S(O)NC1(CCOc2cc3c(cc2F)CC(N2CCC2)C3Cc2ccccc2)CCC1. The number of nitrogens with zero attached hydrogens (tertiary/aromatic N) is 1. The number of rotatable bonds is 9. The van der Waals surface area contributed by atoms with Gasteiger partial charge in [-0.15, -0.1) is 0 Å². The maximum Gasteiger partial charge on any atom is 0.232 e. The lowest BCUT2D eigenvalue weighted by Crippen LogP contribution is -2.52. The fourth-order valence-corrected chi connectivity index (χ4v) is 6.21. The molecule has 0 aromatic heterocycles. The molecule has 5 rings (SSSR count). The minimum Gasteiger partial charge on any atom is -0.490 e. The molecule has 5 nitrogen and oxygen atoms in total. The standard InChI is InChI=1S/C25H31FN2O3S/c26-22-15-19-16-23(28-11-5-12-28)21(14-18-6-2-1-3-7-18)20(19)17-24(22)31-13-10-25(8-4-9-25)27-32(29)30/h1-3,6-7,15,17,21,23,27H,4-5,8-14,16H2,(H,29,30). The molecule has 32 heavy (non-hydrogen) atoms. The van der Waals surface area contributed by atoms with Gasteiger partial charge in [0.05, 0.1) is 6.61 Å². The molecule has 2 aromatic carbocycles. The van der Waals surface area contributed by atoms with E-state index in [0.29, 0.717) is 30.7 Å². The highest BCUT2D eigenvalue weighted by Crippen LogP contribution is 2.43. The summed E-state index contributed by atoms with van der Waals surface area (Å²) in [6.45, 7) is 2.56. The third-order valence-corrected chi connectivity index (χ3v) is 8.21. The Balaban J connectivity index is 1.33. The first-order valence-corrected chi connectivity index (χ1v) is 12.8. The summed E-state index contributed by atoms with van der Waals surface area (Å²) in [4.78, 5) is 2.53. The molecule has 2 N–H and O–H groups in total. The van der Waals surface area contributed by atoms with Crippen LogP contribution in [0.1, 0.15) is 54.7 Å². The van der Waals surface area contributed by atoms with E-state index in [0.717, 1.165) is 50.8 Å². The Morgan fingerprint density at radius 3 is 2.59 bits per heavy atom. The van der Waals surface area contributed by atoms with Gasteiger partial charge in [-0.25, -0.2) is 13.3 Å². The van der Waals surface area contributed by atoms with Crippen molar-refractivity contribution in [1.29, 1.82) is 0 Å². The van der Waals surface area contributed by atoms with Gasteiger partial charge in [0, 0.05) is 23.9 Å². The van der Waals surface area contributed by atoms with Crippen LogP contribution in [-0.2, 0) is 24.1 Å². The van der Waals surface area contributed by atoms with E-state index in [1.54, 1.807) is 6.07 Å². The third-order valence-electron chi connectivity index (χ3n) is 7.60. The van der Waals surface area contributed by atoms with Gasteiger partial charge in [-0.05, 0) is 80.4 Å². The summed E-state index contributed by atoms with van der Waals surface area (Å²) in [7, 11) is 0. The van der Waals surface area contributed by atoms with Crippen LogP contribution in [0.25, 0.3) is 0 Å². The van der Waals surface area contributed by atoms with Gasteiger partial charge in [-0.3, -0.25) is 9.45 Å². The van der Waals surface area contributed by atoms with Crippen LogP contribution in [0.4, 0.5) is 4.39 Å². The van der Waals surface area contributed by atoms with Crippen LogP contribution >= 0.6 is 0 Å². The molecule has 2 aromatic rings. The molecule has 3 atom stereocenters. The summed E-state index contributed by atoms with van der Waals surface area (Å²) in [5.41, 5.74) is 3.24. The molecule has 1 saturated heterocycles. The van der Waals surface area contributed by atoms with Crippen molar-refractivity contribution >= 4 is 11.3 Å². The zero-order chi connectivity index (χ0) is 22.1. The molecular formula is C25H31FN2O3S. The first kappa shape index (κ1) is 22.0. The summed E-state index contributed by atoms with van der Waals surface area (Å²) in [6, 6.07) is 14.5. The van der Waals surface area contributed by atoms with Crippen LogP contribution in [0.15, 0.2) is 42.5 Å². The third kappa shape index (κ3) is 4.49. The van der Waals surface area contributed by atoms with Crippen LogP contribution in [0, 0.1) is 5.82 Å². The highest BCUT2D eigenvalue weighted by atomic mass is 32.2. The van der Waals surface area contributed by atoms with E-state index < -0.39 is 11.3 Å². The van der Waals surface area contributed by atoms with Gasteiger partial charge < -0.3 is 4.74 Å². The van der Waals surface area contributed by atoms with Gasteiger partial charge >= 0.3 is 0 Å². The smallest absolute Gasteiger partial charge is 0.232 e. The highest BCUT2D eigenvalue weighted by molar-refractivity contribution is 7.77. The average molecular weight is 459 g/mol. The first-order valence-electron chi connectivity index (χ1n) is 11.6. The second-order valence-corrected chi connectivity index (χ2v) is 10.2. The van der Waals surface area contributed by atoms with Crippen molar-refractivity contribution in [3.05, 3.63) is 65.0 Å². The Bertz CT molecular complexity index is 979. The molecule has 0 amide bonds. The molecule has 2 aliphatic carbocycles. The summed E-state index contributed by atoms with van der Waals surface area (Å²) >= 11 is -2.05. The largest absolute Gasteiger partial charge is 0.490 e. The van der Waals surface area contributed by atoms with E-state index in [4.69, 9.17) is 4.74 Å². The molecule has 3 unspecified atom stereocenters. The molecule has 2 fully saturated rings. The predicted octanol–water partition coefficient (Wildman–Crippen LogP) is 4.20. The zero-order valence-electron chi connectivity index (χ0n) is 18.3. The molecule has 3 aliphatic rings. The number of hydrogen-bond donors (Lipinski definition) is 2. The van der Waals surface area contributed by atoms with E-state index in [1.165, 1.54) is 17.5 Å². The fourth-order valence-electron chi connectivity index (χ4n) is 5.54. The van der Waals surface area contributed by atoms with Crippen molar-refractivity contribution in [2.75, 3.05) is 19.7 Å². The first-order chi connectivity index (χ1) is 15.5. The van der Waals surface area contributed by atoms with Crippen molar-refractivity contribution in [2.45, 2.75) is 62.4 Å². The number of fused-ring (bicyclic) bond motifs is 1. The van der Waals surface area contributed by atoms with E-state index in [2.05, 4.69) is 33.9 Å². The van der Waals surface area contributed by atoms with Crippen LogP contribution in [0.5, 0.6) is 5.75 Å². The molecule has 0 bridgehead atoms. The molecule has 0 spiro atoms. The van der Waals surface area contributed by atoms with Gasteiger partial charge in [-0.1, -0.05) is 30.3 Å². The maximum absolute atomic E-state index is 14.9. The normalized spacial score (nSPS) is 24.9. The maximum atomic E-state index is 14.9. The Labute approximate surface area is 191 Å². The number of nitrogens with one attached hydrogen (secondary N) is 1. The lowest BCUT2D eigenvalue weighted by Gasteiger charge is -2.41. The molecule has 172 valence electrons. The second-order valence-electron chi connectivity index (χ2n) is 9.52. The topological polar surface area (TPSA) is 61.8 Å². The lowest BCUT2D eigenvalue weighted by atomic mass is 9.75. The van der Waals surface area contributed by atoms with Crippen molar-refractivity contribution in [1.82, 2.24) is 9.62 Å². The van der Waals surface area contributed by atoms with E-state index in [1.807, 2.05) is 12.1 Å². The van der Waals surface area contributed by atoms with Crippen LogP contribution in [0.3, 0.4) is 0 Å². The molecule has 1 heterocycles. The number of benzene rings is 2. The quantitative estimate of drug-likeness (QED) is 0.553. The molecule has 1 aliphatic heterocycles. The molecule has 1 saturated carbocycles. The highest BCUT2D eigenvalue weighted by Gasteiger charge is 2.40. The minimum absolute atomic E-state index is 0.297. The van der Waals surface area contributed by atoms with Crippen molar-refractivity contribution < 1.29 is 17.9 Å². The van der Waals surface area contributed by atoms with E-state index in [9.17, 15) is 13.2 Å². The average Bonchev–Trinajstić information content (AvgIpc) is 3.02. The van der Waals surface area contributed by atoms with Gasteiger partial charge in [-0.2, -0.15) is 0 Å². The zero-order valence-corrected chi connectivity index (χ0v) is 19.1. The monoisotopic (exact) mass is 458 g/mol. The predicted molar refractivity (Wildman–Crippen MR) is 124 cm³/mol. The van der Waals surface area contributed by atoms with Crippen molar-refractivity contribution in [3.8, 4) is 5.75 Å². The van der Waals surface area contributed by atoms with Gasteiger partial charge in [0.25, 0.3) is 0 Å². The number of likely N-dealkylation sites (tertiary alicyclic amines) is 1. The van der Waals surface area contributed by atoms with Crippen LogP contribution in [0.2, 0.25) is 0 Å². The van der Waals surface area contributed by atoms with E-state index in [-0.39, 0.29) is 11.4 Å². The molecule has 0 radical (unpaired) electrons. The Kier molecular flexibility index (Phi) is 6.34. The second kappa shape index (κ2) is 9.21. The minimum atomic E-state index is -2.05.